The Labute approximate surface area is 186 Å². The fraction of sp³-hybridized carbons (Fsp3) is 0.826. The summed E-state index contributed by atoms with van der Waals surface area (Å²) in [5, 5.41) is 2.91. The van der Waals surface area contributed by atoms with Gasteiger partial charge in [-0.3, -0.25) is 14.6 Å². The van der Waals surface area contributed by atoms with Gasteiger partial charge in [0.2, 0.25) is 5.91 Å². The van der Waals surface area contributed by atoms with E-state index in [0.29, 0.717) is 45.3 Å². The van der Waals surface area contributed by atoms with Gasteiger partial charge in [-0.15, -0.1) is 0 Å². The lowest BCUT2D eigenvalue weighted by atomic mass is 9.74. The highest BCUT2D eigenvalue weighted by atomic mass is 16.7. The molecule has 2 atom stereocenters. The summed E-state index contributed by atoms with van der Waals surface area (Å²) in [7, 11) is 5.99. The molecule has 2 heterocycles. The second kappa shape index (κ2) is 9.57. The molecule has 3 amide bonds. The van der Waals surface area contributed by atoms with E-state index < -0.39 is 11.2 Å². The van der Waals surface area contributed by atoms with Crippen LogP contribution in [-0.2, 0) is 14.3 Å². The molecule has 2 aliphatic heterocycles. The molecule has 1 N–H and O–H groups in total. The Morgan fingerprint density at radius 3 is 2.58 bits per heavy atom. The fourth-order valence-electron chi connectivity index (χ4n) is 5.08. The molecule has 1 saturated carbocycles. The first-order valence-electron chi connectivity index (χ1n) is 11.5. The van der Waals surface area contributed by atoms with Crippen LogP contribution in [0.1, 0.15) is 40.0 Å². The van der Waals surface area contributed by atoms with E-state index in [9.17, 15) is 9.59 Å². The number of carbonyl (C=O) groups is 2. The molecule has 8 heteroatoms. The number of urea groups is 1. The van der Waals surface area contributed by atoms with Crippen molar-refractivity contribution in [2.45, 2.75) is 51.9 Å². The molecule has 8 nitrogen and oxygen atoms in total. The van der Waals surface area contributed by atoms with E-state index in [1.54, 1.807) is 0 Å². The summed E-state index contributed by atoms with van der Waals surface area (Å²) in [4.78, 5) is 32.4. The van der Waals surface area contributed by atoms with Crippen molar-refractivity contribution in [2.75, 3.05) is 60.5 Å². The standard InChI is InChI=1S/C23H40N4O4/c1-17(2)15-27(21(29)24-9-10-25(4)5)20(28)22(3)13-18-14-23(30-11-12-31-23)8-7-19(18)26(6)16-22/h13,17,19H,7-12,14-16H2,1-6H3,(H,24,29)/t19-,22?/m1/s1. The second-order valence-corrected chi connectivity index (χ2v) is 10.2. The molecule has 0 bridgehead atoms. The lowest BCUT2D eigenvalue weighted by Crippen LogP contribution is -2.57. The van der Waals surface area contributed by atoms with Gasteiger partial charge in [-0.25, -0.2) is 4.79 Å². The van der Waals surface area contributed by atoms with Crippen LogP contribution in [0.15, 0.2) is 11.6 Å². The van der Waals surface area contributed by atoms with E-state index >= 15 is 0 Å². The Bertz CT molecular complexity index is 702. The quantitative estimate of drug-likeness (QED) is 0.642. The normalized spacial score (nSPS) is 28.0. The smallest absolute Gasteiger partial charge is 0.324 e. The maximum atomic E-state index is 13.7. The van der Waals surface area contributed by atoms with Gasteiger partial charge in [0, 0.05) is 45.1 Å². The number of likely N-dealkylation sites (N-methyl/N-ethyl adjacent to an activating group) is 2. The molecule has 3 aliphatic rings. The first kappa shape index (κ1) is 24.2. The van der Waals surface area contributed by atoms with Crippen LogP contribution < -0.4 is 5.32 Å². The van der Waals surface area contributed by atoms with Crippen molar-refractivity contribution >= 4 is 11.9 Å². The van der Waals surface area contributed by atoms with E-state index in [0.717, 1.165) is 19.4 Å². The maximum absolute atomic E-state index is 13.7. The Morgan fingerprint density at radius 1 is 1.29 bits per heavy atom. The highest BCUT2D eigenvalue weighted by Gasteiger charge is 2.49. The highest BCUT2D eigenvalue weighted by Crippen LogP contribution is 2.44. The molecule has 0 radical (unpaired) electrons. The van der Waals surface area contributed by atoms with Crippen LogP contribution in [0.5, 0.6) is 0 Å². The number of nitrogens with zero attached hydrogens (tertiary/aromatic N) is 3. The molecule has 1 spiro atoms. The van der Waals surface area contributed by atoms with Gasteiger partial charge in [-0.05, 0) is 40.4 Å². The van der Waals surface area contributed by atoms with Gasteiger partial charge < -0.3 is 19.7 Å². The van der Waals surface area contributed by atoms with Crippen LogP contribution in [0.2, 0.25) is 0 Å². The third-order valence-electron chi connectivity index (χ3n) is 6.49. The Kier molecular flexibility index (Phi) is 7.46. The number of fused-ring (bicyclic) bond motifs is 1. The number of rotatable bonds is 6. The summed E-state index contributed by atoms with van der Waals surface area (Å²) >= 11 is 0. The van der Waals surface area contributed by atoms with Gasteiger partial charge in [0.1, 0.15) is 0 Å². The van der Waals surface area contributed by atoms with Crippen molar-refractivity contribution in [1.29, 1.82) is 0 Å². The number of hydrogen-bond acceptors (Lipinski definition) is 6. The summed E-state index contributed by atoms with van der Waals surface area (Å²) in [6, 6.07) is -0.0145. The molecular weight excluding hydrogens is 396 g/mol. The number of nitrogens with one attached hydrogen (secondary N) is 1. The largest absolute Gasteiger partial charge is 0.347 e. The molecule has 3 rings (SSSR count). The van der Waals surface area contributed by atoms with Gasteiger partial charge in [0.15, 0.2) is 5.79 Å². The van der Waals surface area contributed by atoms with Crippen molar-refractivity contribution in [3.63, 3.8) is 0 Å². The Hall–Kier alpha value is -1.48. The first-order chi connectivity index (χ1) is 14.6. The van der Waals surface area contributed by atoms with Gasteiger partial charge in [-0.1, -0.05) is 25.5 Å². The third kappa shape index (κ3) is 5.48. The summed E-state index contributed by atoms with van der Waals surface area (Å²) in [5.74, 6) is -0.493. The summed E-state index contributed by atoms with van der Waals surface area (Å²) in [6.45, 7) is 9.47. The van der Waals surface area contributed by atoms with Crippen LogP contribution in [0, 0.1) is 11.3 Å². The lowest BCUT2D eigenvalue weighted by Gasteiger charge is -2.48. The molecule has 1 unspecified atom stereocenters. The van der Waals surface area contributed by atoms with Crippen molar-refractivity contribution in [3.8, 4) is 0 Å². The molecule has 0 aromatic heterocycles. The van der Waals surface area contributed by atoms with E-state index in [1.165, 1.54) is 10.5 Å². The van der Waals surface area contributed by atoms with E-state index in [1.807, 2.05) is 39.8 Å². The van der Waals surface area contributed by atoms with Crippen molar-refractivity contribution < 1.29 is 19.1 Å². The summed E-state index contributed by atoms with van der Waals surface area (Å²) in [5.41, 5.74) is 0.418. The van der Waals surface area contributed by atoms with E-state index in [4.69, 9.17) is 9.47 Å². The number of hydrogen-bond donors (Lipinski definition) is 1. The van der Waals surface area contributed by atoms with Crippen molar-refractivity contribution in [2.24, 2.45) is 11.3 Å². The predicted molar refractivity (Wildman–Crippen MR) is 120 cm³/mol. The minimum Gasteiger partial charge on any atom is -0.347 e. The number of ether oxygens (including phenoxy) is 2. The second-order valence-electron chi connectivity index (χ2n) is 10.2. The van der Waals surface area contributed by atoms with Gasteiger partial charge in [0.25, 0.3) is 0 Å². The van der Waals surface area contributed by atoms with Crippen molar-refractivity contribution in [3.05, 3.63) is 11.6 Å². The van der Waals surface area contributed by atoms with Gasteiger partial charge >= 0.3 is 6.03 Å². The molecule has 2 fully saturated rings. The average Bonchev–Trinajstić information content (AvgIpc) is 3.12. The molecular formula is C23H40N4O4. The first-order valence-corrected chi connectivity index (χ1v) is 11.5. The molecule has 0 aromatic rings. The third-order valence-corrected chi connectivity index (χ3v) is 6.49. The predicted octanol–water partition coefficient (Wildman–Crippen LogP) is 1.92. The topological polar surface area (TPSA) is 74.4 Å². The number of amides is 3. The molecule has 1 saturated heterocycles. The number of carbonyl (C=O) groups excluding carboxylic acids is 2. The van der Waals surface area contributed by atoms with Crippen LogP contribution in [0.4, 0.5) is 4.79 Å². The van der Waals surface area contributed by atoms with Crippen LogP contribution in [0.25, 0.3) is 0 Å². The SMILES string of the molecule is CC(C)CN(C(=O)NCCN(C)C)C(=O)C1(C)C=C2CC3(CC[C@H]2N(C)C1)OCCO3. The van der Waals surface area contributed by atoms with Crippen molar-refractivity contribution in [1.82, 2.24) is 20.0 Å². The zero-order valence-corrected chi connectivity index (χ0v) is 20.1. The monoisotopic (exact) mass is 436 g/mol. The minimum absolute atomic E-state index is 0.144. The highest BCUT2D eigenvalue weighted by molar-refractivity contribution is 5.98. The van der Waals surface area contributed by atoms with E-state index in [2.05, 4.69) is 23.3 Å². The zero-order valence-electron chi connectivity index (χ0n) is 20.1. The minimum atomic E-state index is -0.772. The molecule has 31 heavy (non-hydrogen) atoms. The van der Waals surface area contributed by atoms with Crippen LogP contribution in [-0.4, -0.2) is 99.0 Å². The molecule has 0 aromatic carbocycles. The van der Waals surface area contributed by atoms with Gasteiger partial charge in [-0.2, -0.15) is 0 Å². The van der Waals surface area contributed by atoms with Crippen LogP contribution >= 0.6 is 0 Å². The van der Waals surface area contributed by atoms with Crippen LogP contribution in [0.3, 0.4) is 0 Å². The summed E-state index contributed by atoms with van der Waals surface area (Å²) in [6.07, 6.45) is 4.61. The fourth-order valence-corrected chi connectivity index (χ4v) is 5.08. The zero-order chi connectivity index (χ0) is 22.8. The number of imide groups is 1. The Balaban J connectivity index is 1.81. The lowest BCUT2D eigenvalue weighted by molar-refractivity contribution is -0.174. The Morgan fingerprint density at radius 2 is 1.97 bits per heavy atom. The summed E-state index contributed by atoms with van der Waals surface area (Å²) < 4.78 is 11.9. The van der Waals surface area contributed by atoms with E-state index in [-0.39, 0.29) is 17.9 Å². The average molecular weight is 437 g/mol. The maximum Gasteiger partial charge on any atom is 0.324 e. The molecule has 1 aliphatic carbocycles. The van der Waals surface area contributed by atoms with Gasteiger partial charge in [0.05, 0.1) is 18.6 Å². The molecule has 176 valence electrons.